The number of halogens is 4. The lowest BCUT2D eigenvalue weighted by molar-refractivity contribution is -0.141. The Labute approximate surface area is 308 Å². The van der Waals surface area contributed by atoms with Crippen LogP contribution in [0.5, 0.6) is 0 Å². The number of alkyl halides is 3. The molecule has 14 heteroatoms. The van der Waals surface area contributed by atoms with Gasteiger partial charge in [-0.1, -0.05) is 54.1 Å². The zero-order valence-electron chi connectivity index (χ0n) is 28.8. The van der Waals surface area contributed by atoms with E-state index in [9.17, 15) is 27.6 Å². The van der Waals surface area contributed by atoms with Crippen LogP contribution in [0.3, 0.4) is 0 Å². The van der Waals surface area contributed by atoms with E-state index in [1.54, 1.807) is 30.6 Å². The monoisotopic (exact) mass is 743 g/mol. The lowest BCUT2D eigenvalue weighted by Gasteiger charge is -2.18. The van der Waals surface area contributed by atoms with Gasteiger partial charge in [0, 0.05) is 80.2 Å². The van der Waals surface area contributed by atoms with Crippen LogP contribution in [0.15, 0.2) is 77.9 Å². The molecule has 0 unspecified atom stereocenters. The van der Waals surface area contributed by atoms with Crippen LogP contribution in [0.1, 0.15) is 48.1 Å². The molecule has 0 radical (unpaired) electrons. The van der Waals surface area contributed by atoms with Gasteiger partial charge in [0.2, 0.25) is 11.8 Å². The SMILES string of the molecule is Cc1c(-c2ccn3c(=O)c(CNC[C@H]4CCC(=O)N4)cnc3c2)cccc1-c1cccc(-c2ccc(CNC[C@@H]3CCC(=O)N3)c(C(F)(F)F)n2)c1Cl. The predicted molar refractivity (Wildman–Crippen MR) is 196 cm³/mol. The highest BCUT2D eigenvalue weighted by Gasteiger charge is 2.36. The Morgan fingerprint density at radius 2 is 1.45 bits per heavy atom. The largest absolute Gasteiger partial charge is 0.433 e. The van der Waals surface area contributed by atoms with Gasteiger partial charge in [-0.15, -0.1) is 0 Å². The molecule has 2 aliphatic rings. The van der Waals surface area contributed by atoms with Gasteiger partial charge in [0.1, 0.15) is 11.3 Å². The van der Waals surface area contributed by atoms with Crippen molar-refractivity contribution in [1.29, 1.82) is 0 Å². The Bertz CT molecular complexity index is 2280. The fourth-order valence-electron chi connectivity index (χ4n) is 7.03. The maximum absolute atomic E-state index is 14.3. The molecule has 0 saturated carbocycles. The summed E-state index contributed by atoms with van der Waals surface area (Å²) in [4.78, 5) is 44.8. The fourth-order valence-corrected chi connectivity index (χ4v) is 7.35. The second-order valence-electron chi connectivity index (χ2n) is 13.4. The molecule has 5 heterocycles. The number of carbonyl (C=O) groups is 2. The molecule has 3 aromatic heterocycles. The molecule has 2 fully saturated rings. The van der Waals surface area contributed by atoms with Gasteiger partial charge in [-0.25, -0.2) is 9.97 Å². The van der Waals surface area contributed by atoms with E-state index in [4.69, 9.17) is 11.6 Å². The van der Waals surface area contributed by atoms with Gasteiger partial charge in [0.05, 0.1) is 10.7 Å². The normalized spacial score (nSPS) is 17.4. The molecule has 10 nitrogen and oxygen atoms in total. The minimum absolute atomic E-state index is 0.00275. The predicted octanol–water partition coefficient (Wildman–Crippen LogP) is 5.81. The van der Waals surface area contributed by atoms with Crippen LogP contribution in [0.4, 0.5) is 13.2 Å². The molecular formula is C39H37ClF3N7O3. The number of pyridine rings is 2. The summed E-state index contributed by atoms with van der Waals surface area (Å²) in [7, 11) is 0. The number of hydrogen-bond donors (Lipinski definition) is 4. The van der Waals surface area contributed by atoms with Crippen LogP contribution in [-0.2, 0) is 28.9 Å². The first-order valence-corrected chi connectivity index (χ1v) is 17.8. The lowest BCUT2D eigenvalue weighted by atomic mass is 9.92. The molecule has 274 valence electrons. The summed E-state index contributed by atoms with van der Waals surface area (Å²) in [5.74, 6) is -0.0193. The standard InChI is InChI=1S/C39H37ClF3N7O3/c1-22-28(23-14-15-50-33(16-23)46-19-25(38(50)53)18-45-21-27-10-13-35(52)48-27)4-2-5-29(22)30-6-3-7-31(36(30)40)32-11-8-24(37(49-32)39(41,42)43)17-44-20-26-9-12-34(51)47-26/h2-8,11,14-16,19,26-27,44-45H,9-10,12-13,17-18,20-21H2,1H3,(H,47,51)(H,48,52)/t26-,27+/m0/s1. The highest BCUT2D eigenvalue weighted by molar-refractivity contribution is 6.36. The van der Waals surface area contributed by atoms with Gasteiger partial charge in [0.15, 0.2) is 0 Å². The molecule has 2 aliphatic heterocycles. The maximum Gasteiger partial charge on any atom is 0.433 e. The summed E-state index contributed by atoms with van der Waals surface area (Å²) in [6.45, 7) is 3.12. The smallest absolute Gasteiger partial charge is 0.352 e. The van der Waals surface area contributed by atoms with E-state index in [2.05, 4.69) is 31.2 Å². The first-order valence-electron chi connectivity index (χ1n) is 17.4. The minimum atomic E-state index is -4.70. The van der Waals surface area contributed by atoms with Gasteiger partial charge >= 0.3 is 6.18 Å². The second-order valence-corrected chi connectivity index (χ2v) is 13.8. The third-order valence-electron chi connectivity index (χ3n) is 9.82. The molecular weight excluding hydrogens is 707 g/mol. The zero-order valence-corrected chi connectivity index (χ0v) is 29.6. The molecule has 2 amide bonds. The van der Waals surface area contributed by atoms with Crippen LogP contribution in [0, 0.1) is 6.92 Å². The maximum atomic E-state index is 14.3. The van der Waals surface area contributed by atoms with Gasteiger partial charge in [-0.2, -0.15) is 13.2 Å². The lowest BCUT2D eigenvalue weighted by Crippen LogP contribution is -2.36. The summed E-state index contributed by atoms with van der Waals surface area (Å²) in [6, 6.07) is 17.5. The summed E-state index contributed by atoms with van der Waals surface area (Å²) in [5, 5.41) is 12.2. The number of amides is 2. The Morgan fingerprint density at radius 3 is 2.09 bits per heavy atom. The number of carbonyl (C=O) groups excluding carboxylic acids is 2. The average Bonchev–Trinajstić information content (AvgIpc) is 3.76. The van der Waals surface area contributed by atoms with Crippen molar-refractivity contribution >= 4 is 29.1 Å². The molecule has 53 heavy (non-hydrogen) atoms. The van der Waals surface area contributed by atoms with Crippen molar-refractivity contribution < 1.29 is 22.8 Å². The fraction of sp³-hybridized carbons (Fsp3) is 0.308. The molecule has 5 aromatic rings. The van der Waals surface area contributed by atoms with Gasteiger partial charge < -0.3 is 21.3 Å². The van der Waals surface area contributed by atoms with Crippen molar-refractivity contribution in [2.75, 3.05) is 13.1 Å². The Hall–Kier alpha value is -5.11. The van der Waals surface area contributed by atoms with Gasteiger partial charge in [0.25, 0.3) is 5.56 Å². The summed E-state index contributed by atoms with van der Waals surface area (Å²) >= 11 is 6.97. The van der Waals surface area contributed by atoms with E-state index in [-0.39, 0.29) is 52.3 Å². The first-order chi connectivity index (χ1) is 25.5. The number of benzene rings is 2. The summed E-state index contributed by atoms with van der Waals surface area (Å²) in [5.41, 5.74) is 4.23. The van der Waals surface area contributed by atoms with E-state index in [0.717, 1.165) is 28.7 Å². The number of rotatable bonds is 11. The highest BCUT2D eigenvalue weighted by Crippen LogP contribution is 2.41. The second kappa shape index (κ2) is 15.1. The van der Waals surface area contributed by atoms with E-state index in [1.165, 1.54) is 10.5 Å². The molecule has 0 spiro atoms. The third-order valence-corrected chi connectivity index (χ3v) is 10.2. The Morgan fingerprint density at radius 1 is 0.830 bits per heavy atom. The molecule has 7 rings (SSSR count). The van der Waals surface area contributed by atoms with E-state index in [1.807, 2.05) is 43.3 Å². The third kappa shape index (κ3) is 7.82. The van der Waals surface area contributed by atoms with E-state index >= 15 is 0 Å². The molecule has 2 aromatic carbocycles. The van der Waals surface area contributed by atoms with Crippen molar-refractivity contribution in [3.05, 3.63) is 111 Å². The quantitative estimate of drug-likeness (QED) is 0.135. The minimum Gasteiger partial charge on any atom is -0.352 e. The molecule has 2 saturated heterocycles. The van der Waals surface area contributed by atoms with Crippen molar-refractivity contribution in [2.24, 2.45) is 0 Å². The number of fused-ring (bicyclic) bond motifs is 1. The van der Waals surface area contributed by atoms with Crippen LogP contribution >= 0.6 is 11.6 Å². The van der Waals surface area contributed by atoms with Crippen molar-refractivity contribution in [2.45, 2.75) is 64.0 Å². The van der Waals surface area contributed by atoms with E-state index in [0.29, 0.717) is 61.2 Å². The average molecular weight is 744 g/mol. The Balaban J connectivity index is 1.13. The van der Waals surface area contributed by atoms with Crippen LogP contribution in [0.25, 0.3) is 39.2 Å². The van der Waals surface area contributed by atoms with Gasteiger partial charge in [-0.3, -0.25) is 18.8 Å². The topological polar surface area (TPSA) is 130 Å². The first kappa shape index (κ1) is 36.3. The van der Waals surface area contributed by atoms with Gasteiger partial charge in [-0.05, 0) is 65.8 Å². The van der Waals surface area contributed by atoms with Crippen molar-refractivity contribution in [3.8, 4) is 33.5 Å². The van der Waals surface area contributed by atoms with Crippen LogP contribution < -0.4 is 26.8 Å². The molecule has 2 atom stereocenters. The van der Waals surface area contributed by atoms with Crippen LogP contribution in [-0.4, -0.2) is 51.4 Å². The molecule has 0 bridgehead atoms. The van der Waals surface area contributed by atoms with E-state index < -0.39 is 11.9 Å². The molecule has 0 aliphatic carbocycles. The van der Waals surface area contributed by atoms with Crippen molar-refractivity contribution in [1.82, 2.24) is 35.6 Å². The Kier molecular flexibility index (Phi) is 10.3. The summed E-state index contributed by atoms with van der Waals surface area (Å²) in [6.07, 6.45) is 0.881. The van der Waals surface area contributed by atoms with Crippen LogP contribution in [0.2, 0.25) is 5.02 Å². The number of aromatic nitrogens is 3. The number of hydrogen-bond acceptors (Lipinski definition) is 7. The number of nitrogens with zero attached hydrogens (tertiary/aromatic N) is 3. The summed E-state index contributed by atoms with van der Waals surface area (Å²) < 4.78 is 44.3. The number of nitrogens with one attached hydrogen (secondary N) is 4. The van der Waals surface area contributed by atoms with Crippen molar-refractivity contribution in [3.63, 3.8) is 0 Å². The molecule has 4 N–H and O–H groups in total. The zero-order chi connectivity index (χ0) is 37.3. The highest BCUT2D eigenvalue weighted by atomic mass is 35.5.